The number of carbonyl (C=O) groups is 1. The van der Waals surface area contributed by atoms with Gasteiger partial charge in [-0.1, -0.05) is 19.9 Å². The molecule has 0 saturated carbocycles. The van der Waals surface area contributed by atoms with Crippen LogP contribution in [0.5, 0.6) is 11.5 Å². The molecular weight excluding hydrogens is 244 g/mol. The van der Waals surface area contributed by atoms with Crippen LogP contribution in [0.15, 0.2) is 18.2 Å². The normalized spacial score (nSPS) is 14.2. The molecule has 19 heavy (non-hydrogen) atoms. The van der Waals surface area contributed by atoms with E-state index in [0.717, 1.165) is 5.56 Å². The van der Waals surface area contributed by atoms with Crippen molar-refractivity contribution in [3.63, 3.8) is 0 Å². The lowest BCUT2D eigenvalue weighted by molar-refractivity contribution is -0.121. The first-order chi connectivity index (χ1) is 8.86. The van der Waals surface area contributed by atoms with Gasteiger partial charge in [-0.25, -0.2) is 0 Å². The molecule has 0 heterocycles. The highest BCUT2D eigenvalue weighted by Gasteiger charge is 2.22. The van der Waals surface area contributed by atoms with Crippen LogP contribution in [0.1, 0.15) is 32.4 Å². The molecule has 1 aromatic carbocycles. The van der Waals surface area contributed by atoms with Crippen molar-refractivity contribution in [3.05, 3.63) is 23.8 Å². The van der Waals surface area contributed by atoms with Crippen LogP contribution in [0, 0.1) is 5.92 Å². The molecule has 5 heteroatoms. The molecule has 5 nitrogen and oxygen atoms in total. The average molecular weight is 266 g/mol. The maximum absolute atomic E-state index is 11.4. The number of hydrogen-bond donors (Lipinski definition) is 3. The molecule has 0 spiro atoms. The number of hydrogen-bond acceptors (Lipinski definition) is 4. The summed E-state index contributed by atoms with van der Waals surface area (Å²) >= 11 is 0. The third-order valence-corrected chi connectivity index (χ3v) is 3.11. The Morgan fingerprint density at radius 3 is 2.47 bits per heavy atom. The Hall–Kier alpha value is -1.75. The molecule has 0 aliphatic rings. The Kier molecular flexibility index (Phi) is 5.18. The number of primary amides is 1. The van der Waals surface area contributed by atoms with E-state index in [1.165, 1.54) is 7.11 Å². The molecular formula is C14H22N2O3. The van der Waals surface area contributed by atoms with E-state index in [-0.39, 0.29) is 23.6 Å². The summed E-state index contributed by atoms with van der Waals surface area (Å²) in [5, 5.41) is 12.7. The molecule has 2 atom stereocenters. The van der Waals surface area contributed by atoms with Crippen LogP contribution in [0.2, 0.25) is 0 Å². The highest BCUT2D eigenvalue weighted by molar-refractivity contribution is 5.80. The quantitative estimate of drug-likeness (QED) is 0.729. The third-order valence-electron chi connectivity index (χ3n) is 3.11. The summed E-state index contributed by atoms with van der Waals surface area (Å²) in [6.07, 6.45) is 0. The number of methoxy groups -OCH3 is 1. The first-order valence-corrected chi connectivity index (χ1v) is 6.29. The molecule has 0 aliphatic heterocycles. The first kappa shape index (κ1) is 15.3. The number of carbonyl (C=O) groups excluding carboxylic acids is 1. The zero-order valence-corrected chi connectivity index (χ0v) is 11.8. The molecule has 0 aliphatic carbocycles. The number of benzene rings is 1. The predicted molar refractivity (Wildman–Crippen MR) is 74.0 cm³/mol. The van der Waals surface area contributed by atoms with Crippen LogP contribution in [-0.2, 0) is 4.79 Å². The van der Waals surface area contributed by atoms with E-state index in [4.69, 9.17) is 10.5 Å². The number of phenolic OH excluding ortho intramolecular Hbond substituents is 1. The van der Waals surface area contributed by atoms with E-state index in [1.54, 1.807) is 18.2 Å². The predicted octanol–water partition coefficient (Wildman–Crippen LogP) is 1.56. The maximum Gasteiger partial charge on any atom is 0.234 e. The Morgan fingerprint density at radius 1 is 1.37 bits per heavy atom. The van der Waals surface area contributed by atoms with Crippen molar-refractivity contribution in [1.29, 1.82) is 0 Å². The number of amides is 1. The second-order valence-corrected chi connectivity index (χ2v) is 4.94. The van der Waals surface area contributed by atoms with E-state index < -0.39 is 6.04 Å². The van der Waals surface area contributed by atoms with Gasteiger partial charge in [0.15, 0.2) is 11.5 Å². The molecule has 1 amide bonds. The largest absolute Gasteiger partial charge is 0.504 e. The second kappa shape index (κ2) is 6.43. The van der Waals surface area contributed by atoms with Gasteiger partial charge in [-0.05, 0) is 30.5 Å². The molecule has 1 rings (SSSR count). The summed E-state index contributed by atoms with van der Waals surface area (Å²) in [4.78, 5) is 11.4. The minimum Gasteiger partial charge on any atom is -0.504 e. The average Bonchev–Trinajstić information content (AvgIpc) is 2.35. The molecule has 4 N–H and O–H groups in total. The van der Waals surface area contributed by atoms with Gasteiger partial charge in [0, 0.05) is 6.04 Å². The molecule has 0 aromatic heterocycles. The number of aromatic hydroxyl groups is 1. The molecule has 0 radical (unpaired) electrons. The monoisotopic (exact) mass is 266 g/mol. The standard InChI is InChI=1S/C14H22N2O3/c1-8(2)13(14(15)18)16-9(3)10-5-6-11(17)12(7-10)19-4/h5-9,13,16-17H,1-4H3,(H2,15,18). The summed E-state index contributed by atoms with van der Waals surface area (Å²) in [5.41, 5.74) is 6.30. The van der Waals surface area contributed by atoms with Crippen molar-refractivity contribution in [1.82, 2.24) is 5.32 Å². The number of nitrogens with two attached hydrogens (primary N) is 1. The van der Waals surface area contributed by atoms with Gasteiger partial charge >= 0.3 is 0 Å². The van der Waals surface area contributed by atoms with E-state index in [1.807, 2.05) is 20.8 Å². The van der Waals surface area contributed by atoms with Crippen LogP contribution in [0.25, 0.3) is 0 Å². The number of phenols is 1. The number of rotatable bonds is 6. The fraction of sp³-hybridized carbons (Fsp3) is 0.500. The van der Waals surface area contributed by atoms with Crippen LogP contribution in [0.4, 0.5) is 0 Å². The third kappa shape index (κ3) is 3.86. The lowest BCUT2D eigenvalue weighted by Gasteiger charge is -2.24. The van der Waals surface area contributed by atoms with Gasteiger partial charge in [0.1, 0.15) is 0 Å². The topological polar surface area (TPSA) is 84.6 Å². The fourth-order valence-corrected chi connectivity index (χ4v) is 1.93. The van der Waals surface area contributed by atoms with E-state index >= 15 is 0 Å². The first-order valence-electron chi connectivity index (χ1n) is 6.29. The van der Waals surface area contributed by atoms with Crippen molar-refractivity contribution < 1.29 is 14.6 Å². The van der Waals surface area contributed by atoms with Gasteiger partial charge in [0.05, 0.1) is 13.2 Å². The summed E-state index contributed by atoms with van der Waals surface area (Å²) in [5.74, 6) is 0.242. The zero-order chi connectivity index (χ0) is 14.6. The van der Waals surface area contributed by atoms with Gasteiger partial charge in [0.25, 0.3) is 0 Å². The zero-order valence-electron chi connectivity index (χ0n) is 11.8. The maximum atomic E-state index is 11.4. The minimum atomic E-state index is -0.394. The SMILES string of the molecule is COc1cc(C(C)NC(C(N)=O)C(C)C)ccc1O. The van der Waals surface area contributed by atoms with Crippen LogP contribution >= 0.6 is 0 Å². The molecule has 2 unspecified atom stereocenters. The molecule has 0 bridgehead atoms. The fourth-order valence-electron chi connectivity index (χ4n) is 1.93. The van der Waals surface area contributed by atoms with Crippen molar-refractivity contribution in [2.24, 2.45) is 11.7 Å². The minimum absolute atomic E-state index is 0.0746. The summed E-state index contributed by atoms with van der Waals surface area (Å²) < 4.78 is 5.07. The number of ether oxygens (including phenoxy) is 1. The van der Waals surface area contributed by atoms with Gasteiger partial charge in [-0.2, -0.15) is 0 Å². The highest BCUT2D eigenvalue weighted by Crippen LogP contribution is 2.29. The second-order valence-electron chi connectivity index (χ2n) is 4.94. The number of nitrogens with one attached hydrogen (secondary N) is 1. The van der Waals surface area contributed by atoms with Gasteiger partial charge < -0.3 is 15.6 Å². The summed E-state index contributed by atoms with van der Waals surface area (Å²) in [6, 6.07) is 4.63. The van der Waals surface area contributed by atoms with Gasteiger partial charge in [-0.15, -0.1) is 0 Å². The Balaban J connectivity index is 2.88. The summed E-state index contributed by atoms with van der Waals surface area (Å²) in [6.45, 7) is 5.81. The highest BCUT2D eigenvalue weighted by atomic mass is 16.5. The molecule has 0 fully saturated rings. The molecule has 1 aromatic rings. The Morgan fingerprint density at radius 2 is 2.00 bits per heavy atom. The molecule has 106 valence electrons. The van der Waals surface area contributed by atoms with Crippen molar-refractivity contribution in [3.8, 4) is 11.5 Å². The van der Waals surface area contributed by atoms with Crippen molar-refractivity contribution in [2.45, 2.75) is 32.9 Å². The lowest BCUT2D eigenvalue weighted by atomic mass is 10.0. The van der Waals surface area contributed by atoms with E-state index in [0.29, 0.717) is 5.75 Å². The van der Waals surface area contributed by atoms with Crippen molar-refractivity contribution in [2.75, 3.05) is 7.11 Å². The van der Waals surface area contributed by atoms with Crippen LogP contribution in [0.3, 0.4) is 0 Å². The molecule has 0 saturated heterocycles. The summed E-state index contributed by atoms with van der Waals surface area (Å²) in [7, 11) is 1.50. The smallest absolute Gasteiger partial charge is 0.234 e. The van der Waals surface area contributed by atoms with E-state index in [9.17, 15) is 9.90 Å². The van der Waals surface area contributed by atoms with E-state index in [2.05, 4.69) is 5.32 Å². The van der Waals surface area contributed by atoms with Crippen molar-refractivity contribution >= 4 is 5.91 Å². The van der Waals surface area contributed by atoms with Gasteiger partial charge in [0.2, 0.25) is 5.91 Å². The lowest BCUT2D eigenvalue weighted by Crippen LogP contribution is -2.45. The van der Waals surface area contributed by atoms with Crippen LogP contribution < -0.4 is 15.8 Å². The van der Waals surface area contributed by atoms with Gasteiger partial charge in [-0.3, -0.25) is 10.1 Å². The Bertz CT molecular complexity index is 446. The van der Waals surface area contributed by atoms with Crippen LogP contribution in [-0.4, -0.2) is 24.2 Å². The Labute approximate surface area is 113 Å².